The maximum absolute atomic E-state index is 10.3. The van der Waals surface area contributed by atoms with Crippen LogP contribution in [0.2, 0.25) is 0 Å². The van der Waals surface area contributed by atoms with Gasteiger partial charge in [-0.2, -0.15) is 0 Å². The Hall–Kier alpha value is -1.33. The van der Waals surface area contributed by atoms with E-state index < -0.39 is 72.7 Å². The summed E-state index contributed by atoms with van der Waals surface area (Å²) in [5, 5.41) is 67.6. The Morgan fingerprint density at radius 1 is 0.429 bits per heavy atom. The molecular formula is C12H22O20Zr3. The Kier molecular flexibility index (Phi) is 47.8. The molecule has 0 unspecified atom stereocenters. The van der Waals surface area contributed by atoms with Gasteiger partial charge in [0.2, 0.25) is 0 Å². The van der Waals surface area contributed by atoms with Gasteiger partial charge in [0.1, 0.15) is 0 Å². The van der Waals surface area contributed by atoms with Crippen LogP contribution in [-0.2, 0) is 111 Å². The predicted molar refractivity (Wildman–Crippen MR) is 87.1 cm³/mol. The first-order valence-electron chi connectivity index (χ1n) is 6.95. The van der Waals surface area contributed by atoms with Crippen molar-refractivity contribution in [2.24, 2.45) is 0 Å². The van der Waals surface area contributed by atoms with Crippen LogP contribution in [0, 0.1) is 0 Å². The van der Waals surface area contributed by atoms with Crippen LogP contribution in [0.5, 0.6) is 0 Å². The van der Waals surface area contributed by atoms with Gasteiger partial charge in [-0.3, -0.25) is 19.2 Å². The van der Waals surface area contributed by atoms with E-state index in [-0.39, 0.29) is 16.4 Å². The van der Waals surface area contributed by atoms with Crippen LogP contribution < -0.4 is 0 Å². The molecule has 0 amide bonds. The Morgan fingerprint density at radius 3 is 0.600 bits per heavy atom. The van der Waals surface area contributed by atoms with E-state index in [0.29, 0.717) is 74.2 Å². The molecule has 0 spiro atoms. The van der Waals surface area contributed by atoms with Gasteiger partial charge in [0, 0.05) is 0 Å². The van der Waals surface area contributed by atoms with Gasteiger partial charge in [0.25, 0.3) is 0 Å². The summed E-state index contributed by atoms with van der Waals surface area (Å²) in [5.41, 5.74) is -5.48. The normalized spacial score (nSPS) is 8.31. The fraction of sp³-hybridized carbons (Fsp3) is 0.500. The molecule has 0 radical (unpaired) electrons. The molecule has 35 heavy (non-hydrogen) atoms. The number of hydrogen-bond acceptors (Lipinski definition) is 11. The fourth-order valence-electron chi connectivity index (χ4n) is 1.43. The van der Waals surface area contributed by atoms with Gasteiger partial charge in [-0.25, -0.2) is 9.59 Å². The summed E-state index contributed by atoms with van der Waals surface area (Å²) in [6, 6.07) is 0. The topological polar surface area (TPSA) is 410 Å². The van der Waals surface area contributed by atoms with Crippen molar-refractivity contribution in [1.82, 2.24) is 0 Å². The molecule has 0 aliphatic heterocycles. The first-order chi connectivity index (χ1) is 14.6. The summed E-state index contributed by atoms with van der Waals surface area (Å²) in [5.74, 6) is -10.0. The van der Waals surface area contributed by atoms with Gasteiger partial charge in [0.05, 0.1) is 25.7 Å². The second kappa shape index (κ2) is 30.7. The van der Waals surface area contributed by atoms with E-state index in [1.807, 2.05) is 0 Å². The quantitative estimate of drug-likeness (QED) is 0.103. The van der Waals surface area contributed by atoms with Crippen molar-refractivity contribution >= 4 is 35.8 Å². The number of carbonyl (C=O) groups is 6. The first-order valence-corrected chi connectivity index (χ1v) is 9.96. The molecule has 0 saturated carbocycles. The molecule has 0 saturated heterocycles. The van der Waals surface area contributed by atoms with Crippen molar-refractivity contribution in [2.75, 3.05) is 0 Å². The van der Waals surface area contributed by atoms with Crippen molar-refractivity contribution in [3.63, 3.8) is 0 Å². The van der Waals surface area contributed by atoms with Gasteiger partial charge in [-0.15, -0.1) is 0 Å². The van der Waals surface area contributed by atoms with Crippen LogP contribution in [0.15, 0.2) is 0 Å². The van der Waals surface area contributed by atoms with Crippen molar-refractivity contribution in [2.45, 2.75) is 36.9 Å². The van der Waals surface area contributed by atoms with Crippen LogP contribution in [0.4, 0.5) is 0 Å². The molecule has 0 bridgehead atoms. The summed E-state index contributed by atoms with van der Waals surface area (Å²) < 4.78 is 25.0. The van der Waals surface area contributed by atoms with E-state index in [0.717, 1.165) is 0 Å². The molecule has 23 heteroatoms. The Bertz CT molecular complexity index is 565. The molecule has 0 heterocycles. The molecule has 0 fully saturated rings. The monoisotopic (exact) mass is 756 g/mol. The Morgan fingerprint density at radius 2 is 0.543 bits per heavy atom. The molecule has 0 atom stereocenters. The molecule has 0 aliphatic rings. The van der Waals surface area contributed by atoms with Gasteiger partial charge in [-0.1, -0.05) is 0 Å². The van der Waals surface area contributed by atoms with Crippen molar-refractivity contribution in [3.05, 3.63) is 0 Å². The third-order valence-electron chi connectivity index (χ3n) is 2.57. The summed E-state index contributed by atoms with van der Waals surface area (Å²) in [4.78, 5) is 61.0. The van der Waals surface area contributed by atoms with E-state index in [2.05, 4.69) is 0 Å². The van der Waals surface area contributed by atoms with E-state index in [1.54, 1.807) is 0 Å². The van der Waals surface area contributed by atoms with E-state index in [4.69, 9.17) is 49.3 Å². The summed E-state index contributed by atoms with van der Waals surface area (Å²) >= 11 is 0.900. The molecule has 0 aliphatic carbocycles. The zero-order valence-electron chi connectivity index (χ0n) is 17.1. The molecule has 14 N–H and O–H groups in total. The van der Waals surface area contributed by atoms with Crippen LogP contribution in [-0.4, -0.2) is 104 Å². The van der Waals surface area contributed by atoms with Crippen molar-refractivity contribution < 1.29 is 169 Å². The van der Waals surface area contributed by atoms with E-state index in [1.165, 1.54) is 0 Å². The Labute approximate surface area is 239 Å². The minimum atomic E-state index is -2.74. The maximum atomic E-state index is 10.3. The third-order valence-corrected chi connectivity index (χ3v) is 2.57. The van der Waals surface area contributed by atoms with Crippen LogP contribution >= 0.6 is 0 Å². The molecular weight excluding hydrogens is 738 g/mol. The molecule has 0 rings (SSSR count). The standard InChI is InChI=1S/2C6H8O7.3H2O.3O.3Zr/c2*7-3(8)1-6(13,5(11)12)2-4(9)10;;;;;;;;;/h2*13H,1-2H2,(H,7,8)(H,9,10)(H,11,12);3*1H2;;;;;;. The number of aliphatic carboxylic acids is 6. The fourth-order valence-corrected chi connectivity index (χ4v) is 1.43. The van der Waals surface area contributed by atoms with Crippen LogP contribution in [0.1, 0.15) is 25.7 Å². The molecule has 20 nitrogen and oxygen atoms in total. The van der Waals surface area contributed by atoms with Crippen LogP contribution in [0.3, 0.4) is 0 Å². The summed E-state index contributed by atoms with van der Waals surface area (Å²) in [7, 11) is 0. The average Bonchev–Trinajstić information content (AvgIpc) is 2.64. The van der Waals surface area contributed by atoms with Gasteiger partial charge < -0.3 is 57.3 Å². The van der Waals surface area contributed by atoms with Gasteiger partial charge in [-0.05, 0) is 0 Å². The molecule has 0 aromatic rings. The molecule has 0 aromatic heterocycles. The summed E-state index contributed by atoms with van der Waals surface area (Å²) in [6.45, 7) is 0. The zero-order chi connectivity index (χ0) is 27.3. The number of carboxylic acid groups (broad SMARTS) is 6. The SMILES string of the molecule is O.O.O.O=C(O)CC(O)(CC(=O)O)C(=O)O.O=C(O)CC(O)(CC(=O)O)C(=O)O.[O]=[Zr].[O]=[Zr].[O]=[Zr]. The second-order valence-corrected chi connectivity index (χ2v) is 4.96. The van der Waals surface area contributed by atoms with Crippen molar-refractivity contribution in [3.8, 4) is 0 Å². The third kappa shape index (κ3) is 32.7. The van der Waals surface area contributed by atoms with E-state index in [9.17, 15) is 28.8 Å². The molecule has 202 valence electrons. The van der Waals surface area contributed by atoms with Gasteiger partial charge in [0.15, 0.2) is 11.2 Å². The summed E-state index contributed by atoms with van der Waals surface area (Å²) in [6.07, 6.45) is -4.58. The zero-order valence-corrected chi connectivity index (χ0v) is 24.5. The van der Waals surface area contributed by atoms with Crippen molar-refractivity contribution in [1.29, 1.82) is 0 Å². The second-order valence-electron chi connectivity index (χ2n) is 4.96. The number of rotatable bonds is 10. The molecule has 0 aromatic carbocycles. The predicted octanol–water partition coefficient (Wildman–Crippen LogP) is -5.33. The Balaban J connectivity index is -0.0000000532. The van der Waals surface area contributed by atoms with Crippen LogP contribution in [0.25, 0.3) is 0 Å². The number of aliphatic hydroxyl groups is 2. The van der Waals surface area contributed by atoms with Gasteiger partial charge >= 0.3 is 118 Å². The minimum absolute atomic E-state index is 0. The first kappa shape index (κ1) is 54.5. The average molecular weight is 760 g/mol. The number of hydrogen-bond donors (Lipinski definition) is 8. The number of carboxylic acids is 6. The van der Waals surface area contributed by atoms with E-state index >= 15 is 0 Å².